The SMILES string of the molecule is CC1CC(NC(=O)c2ccc(-c3ccc(F)cc3)cc2F)CCN1.Cl. The van der Waals surface area contributed by atoms with E-state index in [-0.39, 0.29) is 29.8 Å². The van der Waals surface area contributed by atoms with Crippen molar-refractivity contribution in [2.45, 2.75) is 31.8 Å². The molecule has 25 heavy (non-hydrogen) atoms. The van der Waals surface area contributed by atoms with E-state index in [1.54, 1.807) is 18.2 Å². The summed E-state index contributed by atoms with van der Waals surface area (Å²) < 4.78 is 27.3. The molecule has 6 heteroatoms. The summed E-state index contributed by atoms with van der Waals surface area (Å²) in [5.41, 5.74) is 1.35. The molecule has 1 amide bonds. The normalized spacial score (nSPS) is 19.8. The van der Waals surface area contributed by atoms with Crippen molar-refractivity contribution in [2.24, 2.45) is 0 Å². The van der Waals surface area contributed by atoms with Crippen molar-refractivity contribution in [1.29, 1.82) is 0 Å². The first-order valence-corrected chi connectivity index (χ1v) is 8.12. The molecule has 2 atom stereocenters. The molecule has 0 radical (unpaired) electrons. The van der Waals surface area contributed by atoms with Gasteiger partial charge < -0.3 is 10.6 Å². The van der Waals surface area contributed by atoms with Gasteiger partial charge in [-0.15, -0.1) is 12.4 Å². The average Bonchev–Trinajstić information content (AvgIpc) is 2.55. The van der Waals surface area contributed by atoms with Crippen LogP contribution in [-0.4, -0.2) is 24.5 Å². The number of rotatable bonds is 3. The molecule has 1 heterocycles. The van der Waals surface area contributed by atoms with Gasteiger partial charge in [-0.1, -0.05) is 18.2 Å². The largest absolute Gasteiger partial charge is 0.349 e. The van der Waals surface area contributed by atoms with Crippen LogP contribution in [0.5, 0.6) is 0 Å². The number of hydrogen-bond acceptors (Lipinski definition) is 2. The maximum atomic E-state index is 14.3. The average molecular weight is 367 g/mol. The summed E-state index contributed by atoms with van der Waals surface area (Å²) in [6, 6.07) is 10.7. The second kappa shape index (κ2) is 8.41. The highest BCUT2D eigenvalue weighted by molar-refractivity contribution is 5.95. The van der Waals surface area contributed by atoms with E-state index in [0.29, 0.717) is 17.2 Å². The molecule has 0 aromatic heterocycles. The Balaban J connectivity index is 0.00000225. The molecule has 134 valence electrons. The van der Waals surface area contributed by atoms with E-state index in [2.05, 4.69) is 17.6 Å². The van der Waals surface area contributed by atoms with Gasteiger partial charge >= 0.3 is 0 Å². The predicted octanol–water partition coefficient (Wildman–Crippen LogP) is 3.92. The molecule has 2 N–H and O–H groups in total. The maximum absolute atomic E-state index is 14.3. The van der Waals surface area contributed by atoms with Gasteiger partial charge in [-0.25, -0.2) is 8.78 Å². The molecule has 0 saturated carbocycles. The van der Waals surface area contributed by atoms with Crippen molar-refractivity contribution >= 4 is 18.3 Å². The molecule has 1 fully saturated rings. The van der Waals surface area contributed by atoms with Gasteiger partial charge in [-0.3, -0.25) is 4.79 Å². The molecule has 1 aliphatic heterocycles. The van der Waals surface area contributed by atoms with Gasteiger partial charge in [0.2, 0.25) is 0 Å². The molecule has 3 nitrogen and oxygen atoms in total. The smallest absolute Gasteiger partial charge is 0.254 e. The van der Waals surface area contributed by atoms with Crippen molar-refractivity contribution in [1.82, 2.24) is 10.6 Å². The van der Waals surface area contributed by atoms with Crippen LogP contribution in [-0.2, 0) is 0 Å². The van der Waals surface area contributed by atoms with E-state index in [9.17, 15) is 13.6 Å². The van der Waals surface area contributed by atoms with Crippen LogP contribution in [0.25, 0.3) is 11.1 Å². The Kier molecular flexibility index (Phi) is 6.51. The highest BCUT2D eigenvalue weighted by Crippen LogP contribution is 2.22. The zero-order valence-corrected chi connectivity index (χ0v) is 14.7. The van der Waals surface area contributed by atoms with Crippen LogP contribution in [0.3, 0.4) is 0 Å². The summed E-state index contributed by atoms with van der Waals surface area (Å²) in [5, 5.41) is 6.22. The lowest BCUT2D eigenvalue weighted by Crippen LogP contribution is -2.46. The molecule has 2 aromatic carbocycles. The Labute approximate surface area is 152 Å². The topological polar surface area (TPSA) is 41.1 Å². The van der Waals surface area contributed by atoms with Gasteiger partial charge in [0.15, 0.2) is 0 Å². The number of carbonyl (C=O) groups excluding carboxylic acids is 1. The van der Waals surface area contributed by atoms with Gasteiger partial charge in [-0.2, -0.15) is 0 Å². The summed E-state index contributed by atoms with van der Waals surface area (Å²) in [6.45, 7) is 2.91. The summed E-state index contributed by atoms with van der Waals surface area (Å²) in [5.74, 6) is -1.31. The van der Waals surface area contributed by atoms with Crippen molar-refractivity contribution in [3.8, 4) is 11.1 Å². The van der Waals surface area contributed by atoms with E-state index in [1.165, 1.54) is 24.3 Å². The fourth-order valence-corrected chi connectivity index (χ4v) is 3.05. The van der Waals surface area contributed by atoms with Crippen molar-refractivity contribution < 1.29 is 13.6 Å². The van der Waals surface area contributed by atoms with Crippen molar-refractivity contribution in [3.63, 3.8) is 0 Å². The van der Waals surface area contributed by atoms with Gasteiger partial charge in [0.25, 0.3) is 5.91 Å². The molecule has 2 unspecified atom stereocenters. The molecule has 3 rings (SSSR count). The highest BCUT2D eigenvalue weighted by atomic mass is 35.5. The van der Waals surface area contributed by atoms with Crippen LogP contribution in [0.15, 0.2) is 42.5 Å². The van der Waals surface area contributed by atoms with Crippen molar-refractivity contribution in [3.05, 3.63) is 59.7 Å². The second-order valence-corrected chi connectivity index (χ2v) is 6.25. The number of piperidine rings is 1. The van der Waals surface area contributed by atoms with Gasteiger partial charge in [0, 0.05) is 12.1 Å². The number of halogens is 3. The van der Waals surface area contributed by atoms with E-state index in [1.807, 2.05) is 0 Å². The van der Waals surface area contributed by atoms with E-state index in [0.717, 1.165) is 19.4 Å². The Bertz CT molecular complexity index is 737. The first-order chi connectivity index (χ1) is 11.5. The van der Waals surface area contributed by atoms with E-state index < -0.39 is 11.7 Å². The lowest BCUT2D eigenvalue weighted by molar-refractivity contribution is 0.0921. The third kappa shape index (κ3) is 4.77. The van der Waals surface area contributed by atoms with E-state index in [4.69, 9.17) is 0 Å². The minimum absolute atomic E-state index is 0. The monoisotopic (exact) mass is 366 g/mol. The van der Waals surface area contributed by atoms with Gasteiger partial charge in [-0.05, 0) is 61.7 Å². The van der Waals surface area contributed by atoms with Gasteiger partial charge in [0.1, 0.15) is 11.6 Å². The maximum Gasteiger partial charge on any atom is 0.254 e. The standard InChI is InChI=1S/C19H20F2N2O.ClH/c1-12-10-16(8-9-22-12)23-19(24)17-7-4-14(11-18(17)21)13-2-5-15(20)6-3-13;/h2-7,11-12,16,22H,8-10H2,1H3,(H,23,24);1H. The summed E-state index contributed by atoms with van der Waals surface area (Å²) >= 11 is 0. The first-order valence-electron chi connectivity index (χ1n) is 8.12. The molecule has 0 bridgehead atoms. The van der Waals surface area contributed by atoms with Crippen LogP contribution >= 0.6 is 12.4 Å². The summed E-state index contributed by atoms with van der Waals surface area (Å²) in [4.78, 5) is 12.3. The van der Waals surface area contributed by atoms with Crippen LogP contribution in [0.2, 0.25) is 0 Å². The number of hydrogen-bond donors (Lipinski definition) is 2. The zero-order valence-electron chi connectivity index (χ0n) is 13.9. The molecule has 1 saturated heterocycles. The molecule has 2 aromatic rings. The molecular weight excluding hydrogens is 346 g/mol. The fraction of sp³-hybridized carbons (Fsp3) is 0.316. The number of carbonyl (C=O) groups is 1. The van der Waals surface area contributed by atoms with Crippen LogP contribution in [0, 0.1) is 11.6 Å². The highest BCUT2D eigenvalue weighted by Gasteiger charge is 2.22. The fourth-order valence-electron chi connectivity index (χ4n) is 3.05. The Morgan fingerprint density at radius 1 is 1.12 bits per heavy atom. The van der Waals surface area contributed by atoms with Crippen LogP contribution in [0.1, 0.15) is 30.1 Å². The lowest BCUT2D eigenvalue weighted by Gasteiger charge is -2.28. The number of nitrogens with one attached hydrogen (secondary N) is 2. The molecule has 1 aliphatic rings. The summed E-state index contributed by atoms with van der Waals surface area (Å²) in [7, 11) is 0. The quantitative estimate of drug-likeness (QED) is 0.864. The second-order valence-electron chi connectivity index (χ2n) is 6.25. The van der Waals surface area contributed by atoms with E-state index >= 15 is 0 Å². The number of benzene rings is 2. The van der Waals surface area contributed by atoms with Crippen LogP contribution in [0.4, 0.5) is 8.78 Å². The minimum atomic E-state index is -0.573. The lowest BCUT2D eigenvalue weighted by atomic mass is 9.99. The Hall–Kier alpha value is -1.98. The third-order valence-corrected chi connectivity index (χ3v) is 4.35. The summed E-state index contributed by atoms with van der Waals surface area (Å²) in [6.07, 6.45) is 1.67. The minimum Gasteiger partial charge on any atom is -0.349 e. The molecule has 0 aliphatic carbocycles. The predicted molar refractivity (Wildman–Crippen MR) is 97.0 cm³/mol. The molecular formula is C19H21ClF2N2O. The molecule has 0 spiro atoms. The van der Waals surface area contributed by atoms with Gasteiger partial charge in [0.05, 0.1) is 5.56 Å². The number of amides is 1. The Morgan fingerprint density at radius 2 is 1.80 bits per heavy atom. The third-order valence-electron chi connectivity index (χ3n) is 4.35. The zero-order chi connectivity index (χ0) is 17.1. The first kappa shape index (κ1) is 19.3. The van der Waals surface area contributed by atoms with Crippen molar-refractivity contribution in [2.75, 3.05) is 6.54 Å². The van der Waals surface area contributed by atoms with Crippen LogP contribution < -0.4 is 10.6 Å². The Morgan fingerprint density at radius 3 is 2.44 bits per heavy atom.